The molecule has 0 radical (unpaired) electrons. The first-order valence-electron chi connectivity index (χ1n) is 5.71. The average Bonchev–Trinajstić information content (AvgIpc) is 2.88. The lowest BCUT2D eigenvalue weighted by atomic mass is 10.2. The molecule has 0 bridgehead atoms. The fourth-order valence-electron chi connectivity index (χ4n) is 1.61. The van der Waals surface area contributed by atoms with Gasteiger partial charge in [-0.2, -0.15) is 0 Å². The highest BCUT2D eigenvalue weighted by atomic mass is 16.5. The van der Waals surface area contributed by atoms with Crippen LogP contribution in [0.15, 0.2) is 35.3 Å². The Morgan fingerprint density at radius 2 is 2.47 bits per heavy atom. The van der Waals surface area contributed by atoms with E-state index in [1.54, 1.807) is 7.11 Å². The van der Waals surface area contributed by atoms with Gasteiger partial charge in [-0.15, -0.1) is 0 Å². The molecule has 0 amide bonds. The first-order valence-corrected chi connectivity index (χ1v) is 5.71. The minimum absolute atomic E-state index is 0.767. The van der Waals surface area contributed by atoms with E-state index in [1.165, 1.54) is 0 Å². The molecular formula is C13H17N3O. The van der Waals surface area contributed by atoms with Crippen molar-refractivity contribution in [1.29, 1.82) is 0 Å². The number of methoxy groups -OCH3 is 1. The third-order valence-corrected chi connectivity index (χ3v) is 2.47. The molecule has 0 aliphatic carbocycles. The van der Waals surface area contributed by atoms with Gasteiger partial charge in [-0.3, -0.25) is 4.99 Å². The zero-order valence-electron chi connectivity index (χ0n) is 9.94. The van der Waals surface area contributed by atoms with Gasteiger partial charge < -0.3 is 15.4 Å². The minimum atomic E-state index is 0.767. The monoisotopic (exact) mass is 231 g/mol. The molecule has 0 unspecified atom stereocenters. The third-order valence-electron chi connectivity index (χ3n) is 2.47. The summed E-state index contributed by atoms with van der Waals surface area (Å²) in [6.45, 7) is 2.56. The minimum Gasteiger partial charge on any atom is -0.497 e. The summed E-state index contributed by atoms with van der Waals surface area (Å²) < 4.78 is 5.16. The van der Waals surface area contributed by atoms with Crippen LogP contribution in [0.25, 0.3) is 6.08 Å². The van der Waals surface area contributed by atoms with E-state index in [-0.39, 0.29) is 0 Å². The summed E-state index contributed by atoms with van der Waals surface area (Å²) in [6, 6.07) is 7.97. The number of rotatable bonds is 4. The lowest BCUT2D eigenvalue weighted by Gasteiger charge is -2.03. The maximum atomic E-state index is 5.16. The molecule has 90 valence electrons. The van der Waals surface area contributed by atoms with Crippen molar-refractivity contribution in [2.24, 2.45) is 4.99 Å². The predicted octanol–water partition coefficient (Wildman–Crippen LogP) is 1.26. The van der Waals surface area contributed by atoms with Gasteiger partial charge in [0, 0.05) is 13.1 Å². The molecule has 1 heterocycles. The number of nitrogens with zero attached hydrogens (tertiary/aromatic N) is 1. The fourth-order valence-corrected chi connectivity index (χ4v) is 1.61. The van der Waals surface area contributed by atoms with E-state index in [4.69, 9.17) is 4.74 Å². The Balaban J connectivity index is 1.82. The maximum absolute atomic E-state index is 5.16. The number of hydrogen-bond donors (Lipinski definition) is 2. The van der Waals surface area contributed by atoms with Gasteiger partial charge in [0.2, 0.25) is 0 Å². The number of aliphatic imine (C=N–C) groups is 1. The third kappa shape index (κ3) is 3.52. The van der Waals surface area contributed by atoms with Gasteiger partial charge in [-0.1, -0.05) is 24.3 Å². The Morgan fingerprint density at radius 1 is 1.53 bits per heavy atom. The van der Waals surface area contributed by atoms with Gasteiger partial charge in [-0.25, -0.2) is 0 Å². The van der Waals surface area contributed by atoms with Crippen molar-refractivity contribution in [2.75, 3.05) is 26.7 Å². The molecule has 4 nitrogen and oxygen atoms in total. The summed E-state index contributed by atoms with van der Waals surface area (Å²) >= 11 is 0. The molecule has 0 atom stereocenters. The lowest BCUT2D eigenvalue weighted by Crippen LogP contribution is -2.33. The van der Waals surface area contributed by atoms with Crippen molar-refractivity contribution in [3.8, 4) is 5.75 Å². The second kappa shape index (κ2) is 5.94. The number of benzene rings is 1. The summed E-state index contributed by atoms with van der Waals surface area (Å²) in [7, 11) is 1.67. The molecule has 0 spiro atoms. The summed E-state index contributed by atoms with van der Waals surface area (Å²) in [5.74, 6) is 1.77. The van der Waals surface area contributed by atoms with Gasteiger partial charge in [0.15, 0.2) is 5.96 Å². The van der Waals surface area contributed by atoms with Crippen LogP contribution in [0.3, 0.4) is 0 Å². The molecule has 4 heteroatoms. The molecule has 1 aliphatic rings. The molecule has 0 saturated heterocycles. The molecule has 0 aromatic heterocycles. The van der Waals surface area contributed by atoms with Crippen molar-refractivity contribution in [2.45, 2.75) is 0 Å². The maximum Gasteiger partial charge on any atom is 0.191 e. The van der Waals surface area contributed by atoms with E-state index in [2.05, 4.69) is 27.8 Å². The molecule has 0 fully saturated rings. The average molecular weight is 231 g/mol. The second-order valence-corrected chi connectivity index (χ2v) is 3.72. The van der Waals surface area contributed by atoms with Crippen LogP contribution in [0, 0.1) is 0 Å². The number of ether oxygens (including phenoxy) is 1. The van der Waals surface area contributed by atoms with Crippen molar-refractivity contribution in [3.63, 3.8) is 0 Å². The van der Waals surface area contributed by atoms with Crippen molar-refractivity contribution in [1.82, 2.24) is 10.6 Å². The number of nitrogens with one attached hydrogen (secondary N) is 2. The van der Waals surface area contributed by atoms with Crippen molar-refractivity contribution >= 4 is 12.0 Å². The summed E-state index contributed by atoms with van der Waals surface area (Å²) in [4.78, 5) is 4.25. The van der Waals surface area contributed by atoms with E-state index in [0.29, 0.717) is 0 Å². The fraction of sp³-hybridized carbons (Fsp3) is 0.308. The Kier molecular flexibility index (Phi) is 4.02. The molecule has 1 aromatic carbocycles. The Hall–Kier alpha value is -1.97. The molecule has 2 rings (SSSR count). The lowest BCUT2D eigenvalue weighted by molar-refractivity contribution is 0.414. The van der Waals surface area contributed by atoms with Crippen molar-refractivity contribution < 1.29 is 4.74 Å². The Bertz CT molecular complexity index is 426. The van der Waals surface area contributed by atoms with E-state index >= 15 is 0 Å². The van der Waals surface area contributed by atoms with Gasteiger partial charge in [0.25, 0.3) is 0 Å². The number of hydrogen-bond acceptors (Lipinski definition) is 4. The second-order valence-electron chi connectivity index (χ2n) is 3.72. The molecule has 2 N–H and O–H groups in total. The van der Waals surface area contributed by atoms with Gasteiger partial charge in [-0.05, 0) is 17.7 Å². The highest BCUT2D eigenvalue weighted by Gasteiger charge is 2.00. The SMILES string of the molecule is COc1cccc(/C=C/CNC2=NCCN2)c1. The van der Waals surface area contributed by atoms with Crippen LogP contribution in [0.1, 0.15) is 5.56 Å². The predicted molar refractivity (Wildman–Crippen MR) is 70.3 cm³/mol. The standard InChI is InChI=1S/C13H17N3O/c1-17-12-6-2-4-11(10-12)5-3-7-14-13-15-8-9-16-13/h2-6,10H,7-9H2,1H3,(H2,14,15,16)/b5-3+. The van der Waals surface area contributed by atoms with Gasteiger partial charge in [0.1, 0.15) is 5.75 Å². The van der Waals surface area contributed by atoms with Crippen molar-refractivity contribution in [3.05, 3.63) is 35.9 Å². The highest BCUT2D eigenvalue weighted by molar-refractivity contribution is 5.81. The van der Waals surface area contributed by atoms with E-state index < -0.39 is 0 Å². The van der Waals surface area contributed by atoms with Crippen LogP contribution in [0.2, 0.25) is 0 Å². The summed E-state index contributed by atoms with van der Waals surface area (Å²) in [5, 5.41) is 6.36. The smallest absolute Gasteiger partial charge is 0.191 e. The first-order chi connectivity index (χ1) is 8.38. The molecule has 17 heavy (non-hydrogen) atoms. The van der Waals surface area contributed by atoms with E-state index in [9.17, 15) is 0 Å². The quantitative estimate of drug-likeness (QED) is 0.820. The van der Waals surface area contributed by atoms with Crippen LogP contribution in [-0.2, 0) is 0 Å². The topological polar surface area (TPSA) is 45.6 Å². The van der Waals surface area contributed by atoms with Crippen LogP contribution in [-0.4, -0.2) is 32.7 Å². The van der Waals surface area contributed by atoms with Gasteiger partial charge >= 0.3 is 0 Å². The van der Waals surface area contributed by atoms with E-state index in [0.717, 1.165) is 36.9 Å². The molecule has 1 aliphatic heterocycles. The highest BCUT2D eigenvalue weighted by Crippen LogP contribution is 2.13. The normalized spacial score (nSPS) is 14.5. The Morgan fingerprint density at radius 3 is 3.24 bits per heavy atom. The zero-order valence-corrected chi connectivity index (χ0v) is 9.94. The largest absolute Gasteiger partial charge is 0.497 e. The Labute approximate surface area is 101 Å². The molecule has 1 aromatic rings. The summed E-state index contributed by atoms with van der Waals surface area (Å²) in [5.41, 5.74) is 1.13. The molecular weight excluding hydrogens is 214 g/mol. The van der Waals surface area contributed by atoms with Gasteiger partial charge in [0.05, 0.1) is 13.7 Å². The first kappa shape index (κ1) is 11.5. The molecule has 0 saturated carbocycles. The van der Waals surface area contributed by atoms with Crippen LogP contribution in [0.4, 0.5) is 0 Å². The van der Waals surface area contributed by atoms with Crippen LogP contribution < -0.4 is 15.4 Å². The van der Waals surface area contributed by atoms with Crippen LogP contribution in [0.5, 0.6) is 5.75 Å². The summed E-state index contributed by atoms with van der Waals surface area (Å²) in [6.07, 6.45) is 4.13. The van der Waals surface area contributed by atoms with Crippen LogP contribution >= 0.6 is 0 Å². The van der Waals surface area contributed by atoms with E-state index in [1.807, 2.05) is 24.3 Å². The zero-order chi connectivity index (χ0) is 11.9. The number of guanidine groups is 1.